The average Bonchev–Trinajstić information content (AvgIpc) is 2.64. The zero-order valence-corrected chi connectivity index (χ0v) is 9.23. The molecule has 0 aromatic heterocycles. The molecule has 76 valence electrons. The summed E-state index contributed by atoms with van der Waals surface area (Å²) in [5.41, 5.74) is 9.10. The van der Waals surface area contributed by atoms with Crippen molar-refractivity contribution >= 4 is 23.1 Å². The Balaban J connectivity index is 2.10. The summed E-state index contributed by atoms with van der Waals surface area (Å²) >= 11 is 2.01. The number of rotatable bonds is 2. The van der Waals surface area contributed by atoms with Crippen LogP contribution in [0, 0.1) is 6.92 Å². The predicted octanol–water partition coefficient (Wildman–Crippen LogP) is 2.49. The normalized spacial score (nSPS) is 21.1. The van der Waals surface area contributed by atoms with Crippen LogP contribution in [0.1, 0.15) is 12.0 Å². The number of thioether (sulfide) groups is 1. The molecular weight excluding hydrogens is 192 g/mol. The second kappa shape index (κ2) is 4.13. The van der Waals surface area contributed by atoms with Crippen LogP contribution in [0.25, 0.3) is 0 Å². The predicted molar refractivity (Wildman–Crippen MR) is 64.9 cm³/mol. The van der Waals surface area contributed by atoms with Crippen LogP contribution in [-0.4, -0.2) is 17.5 Å². The van der Waals surface area contributed by atoms with Gasteiger partial charge in [0.2, 0.25) is 0 Å². The van der Waals surface area contributed by atoms with Gasteiger partial charge in [-0.3, -0.25) is 0 Å². The van der Waals surface area contributed by atoms with Crippen LogP contribution in [-0.2, 0) is 0 Å². The summed E-state index contributed by atoms with van der Waals surface area (Å²) in [7, 11) is 0. The Bertz CT molecular complexity index is 319. The fourth-order valence-electron chi connectivity index (χ4n) is 1.66. The topological polar surface area (TPSA) is 38.0 Å². The van der Waals surface area contributed by atoms with Crippen LogP contribution in [0.5, 0.6) is 0 Å². The molecule has 14 heavy (non-hydrogen) atoms. The van der Waals surface area contributed by atoms with Gasteiger partial charge in [-0.2, -0.15) is 11.8 Å². The van der Waals surface area contributed by atoms with Gasteiger partial charge in [-0.05, 0) is 36.8 Å². The second-order valence-corrected chi connectivity index (χ2v) is 4.95. The smallest absolute Gasteiger partial charge is 0.0579 e. The first kappa shape index (κ1) is 9.71. The number of anilines is 2. The maximum absolute atomic E-state index is 5.90. The van der Waals surface area contributed by atoms with Crippen molar-refractivity contribution in [3.63, 3.8) is 0 Å². The Kier molecular flexibility index (Phi) is 2.87. The van der Waals surface area contributed by atoms with E-state index >= 15 is 0 Å². The van der Waals surface area contributed by atoms with Crippen molar-refractivity contribution in [2.45, 2.75) is 19.4 Å². The highest BCUT2D eigenvalue weighted by molar-refractivity contribution is 7.99. The lowest BCUT2D eigenvalue weighted by Gasteiger charge is -2.15. The first-order chi connectivity index (χ1) is 6.75. The summed E-state index contributed by atoms with van der Waals surface area (Å²) in [4.78, 5) is 0. The molecule has 2 rings (SSSR count). The van der Waals surface area contributed by atoms with Gasteiger partial charge in [0.25, 0.3) is 0 Å². The Labute approximate surface area is 89.3 Å². The molecule has 0 radical (unpaired) electrons. The highest BCUT2D eigenvalue weighted by Crippen LogP contribution is 2.25. The van der Waals surface area contributed by atoms with Crippen molar-refractivity contribution in [2.75, 3.05) is 22.6 Å². The first-order valence-electron chi connectivity index (χ1n) is 4.96. The van der Waals surface area contributed by atoms with Gasteiger partial charge in [0, 0.05) is 11.8 Å². The molecule has 0 spiro atoms. The van der Waals surface area contributed by atoms with Crippen LogP contribution in [0.2, 0.25) is 0 Å². The standard InChI is InChI=1S/C11H16N2S/c1-8-2-3-10(12)11(6-8)13-9-4-5-14-7-9/h2-3,6,9,13H,4-5,7,12H2,1H3. The molecule has 1 heterocycles. The SMILES string of the molecule is Cc1ccc(N)c(NC2CCSC2)c1. The Hall–Kier alpha value is -0.830. The molecule has 0 bridgehead atoms. The third-order valence-electron chi connectivity index (χ3n) is 2.50. The Morgan fingerprint density at radius 1 is 1.50 bits per heavy atom. The molecule has 1 unspecified atom stereocenters. The minimum absolute atomic E-state index is 0.601. The number of nitrogen functional groups attached to an aromatic ring is 1. The van der Waals surface area contributed by atoms with E-state index in [2.05, 4.69) is 18.3 Å². The van der Waals surface area contributed by atoms with E-state index in [1.165, 1.54) is 23.5 Å². The van der Waals surface area contributed by atoms with E-state index in [1.54, 1.807) is 0 Å². The maximum atomic E-state index is 5.90. The number of nitrogens with two attached hydrogens (primary N) is 1. The molecular formula is C11H16N2S. The van der Waals surface area contributed by atoms with Gasteiger partial charge in [0.05, 0.1) is 11.4 Å². The Morgan fingerprint density at radius 3 is 3.07 bits per heavy atom. The van der Waals surface area contributed by atoms with Gasteiger partial charge in [0.15, 0.2) is 0 Å². The lowest BCUT2D eigenvalue weighted by molar-refractivity contribution is 0.813. The number of aryl methyl sites for hydroxylation is 1. The van der Waals surface area contributed by atoms with Crippen molar-refractivity contribution in [2.24, 2.45) is 0 Å². The van der Waals surface area contributed by atoms with Crippen LogP contribution >= 0.6 is 11.8 Å². The Morgan fingerprint density at radius 2 is 2.36 bits per heavy atom. The van der Waals surface area contributed by atoms with E-state index in [4.69, 9.17) is 5.73 Å². The summed E-state index contributed by atoms with van der Waals surface area (Å²) in [6.45, 7) is 2.09. The van der Waals surface area contributed by atoms with Gasteiger partial charge in [-0.1, -0.05) is 6.07 Å². The molecule has 1 atom stereocenters. The molecule has 0 saturated carbocycles. The number of hydrogen-bond acceptors (Lipinski definition) is 3. The molecule has 1 saturated heterocycles. The fraction of sp³-hybridized carbons (Fsp3) is 0.455. The fourth-order valence-corrected chi connectivity index (χ4v) is 2.82. The van der Waals surface area contributed by atoms with Crippen LogP contribution in [0.3, 0.4) is 0 Å². The van der Waals surface area contributed by atoms with Crippen LogP contribution < -0.4 is 11.1 Å². The summed E-state index contributed by atoms with van der Waals surface area (Å²) in [5, 5.41) is 3.50. The van der Waals surface area contributed by atoms with Gasteiger partial charge < -0.3 is 11.1 Å². The molecule has 0 amide bonds. The largest absolute Gasteiger partial charge is 0.397 e. The molecule has 1 aromatic carbocycles. The summed E-state index contributed by atoms with van der Waals surface area (Å²) in [6, 6.07) is 6.74. The lowest BCUT2D eigenvalue weighted by atomic mass is 10.1. The highest BCUT2D eigenvalue weighted by Gasteiger charge is 2.15. The number of benzene rings is 1. The third kappa shape index (κ3) is 2.15. The van der Waals surface area contributed by atoms with Crippen molar-refractivity contribution in [3.05, 3.63) is 23.8 Å². The van der Waals surface area contributed by atoms with Gasteiger partial charge >= 0.3 is 0 Å². The second-order valence-electron chi connectivity index (χ2n) is 3.80. The molecule has 3 heteroatoms. The van der Waals surface area contributed by atoms with E-state index in [-0.39, 0.29) is 0 Å². The molecule has 3 N–H and O–H groups in total. The zero-order valence-electron chi connectivity index (χ0n) is 8.42. The third-order valence-corrected chi connectivity index (χ3v) is 3.66. The molecule has 1 aliphatic heterocycles. The van der Waals surface area contributed by atoms with E-state index in [0.717, 1.165) is 11.4 Å². The summed E-state index contributed by atoms with van der Waals surface area (Å²) in [5.74, 6) is 2.47. The van der Waals surface area contributed by atoms with E-state index in [0.29, 0.717) is 6.04 Å². The van der Waals surface area contributed by atoms with Gasteiger partial charge in [-0.25, -0.2) is 0 Å². The van der Waals surface area contributed by atoms with Crippen molar-refractivity contribution < 1.29 is 0 Å². The van der Waals surface area contributed by atoms with E-state index < -0.39 is 0 Å². The van der Waals surface area contributed by atoms with Crippen LogP contribution in [0.15, 0.2) is 18.2 Å². The van der Waals surface area contributed by atoms with Gasteiger partial charge in [-0.15, -0.1) is 0 Å². The summed E-state index contributed by atoms with van der Waals surface area (Å²) in [6.07, 6.45) is 1.25. The average molecular weight is 208 g/mol. The molecule has 1 aliphatic rings. The zero-order chi connectivity index (χ0) is 9.97. The van der Waals surface area contributed by atoms with E-state index in [9.17, 15) is 0 Å². The quantitative estimate of drug-likeness (QED) is 0.733. The minimum atomic E-state index is 0.601. The lowest BCUT2D eigenvalue weighted by Crippen LogP contribution is -2.18. The molecule has 2 nitrogen and oxygen atoms in total. The van der Waals surface area contributed by atoms with Gasteiger partial charge in [0.1, 0.15) is 0 Å². The monoisotopic (exact) mass is 208 g/mol. The van der Waals surface area contributed by atoms with Crippen molar-refractivity contribution in [3.8, 4) is 0 Å². The first-order valence-corrected chi connectivity index (χ1v) is 6.11. The number of hydrogen-bond donors (Lipinski definition) is 2. The van der Waals surface area contributed by atoms with Crippen molar-refractivity contribution in [1.29, 1.82) is 0 Å². The number of nitrogens with one attached hydrogen (secondary N) is 1. The minimum Gasteiger partial charge on any atom is -0.397 e. The van der Waals surface area contributed by atoms with Crippen LogP contribution in [0.4, 0.5) is 11.4 Å². The molecule has 1 aromatic rings. The molecule has 1 fully saturated rings. The maximum Gasteiger partial charge on any atom is 0.0579 e. The van der Waals surface area contributed by atoms with Crippen molar-refractivity contribution in [1.82, 2.24) is 0 Å². The molecule has 0 aliphatic carbocycles. The summed E-state index contributed by atoms with van der Waals surface area (Å²) < 4.78 is 0. The highest BCUT2D eigenvalue weighted by atomic mass is 32.2. The van der Waals surface area contributed by atoms with E-state index in [1.807, 2.05) is 23.9 Å².